The summed E-state index contributed by atoms with van der Waals surface area (Å²) in [6.45, 7) is 0.544. The van der Waals surface area contributed by atoms with Crippen LogP contribution in [0.4, 0.5) is 0 Å². The fourth-order valence-electron chi connectivity index (χ4n) is 1.87. The normalized spacial score (nSPS) is 12.1. The fraction of sp³-hybridized carbons (Fsp3) is 0.188. The third kappa shape index (κ3) is 5.26. The van der Waals surface area contributed by atoms with Crippen molar-refractivity contribution in [3.8, 4) is 0 Å². The van der Waals surface area contributed by atoms with Crippen LogP contribution in [0.3, 0.4) is 0 Å². The molecule has 0 fully saturated rings. The first kappa shape index (κ1) is 16.7. The summed E-state index contributed by atoms with van der Waals surface area (Å²) in [6.07, 6.45) is 6.53. The van der Waals surface area contributed by atoms with E-state index in [1.54, 1.807) is 30.5 Å². The van der Waals surface area contributed by atoms with Crippen LogP contribution in [-0.4, -0.2) is 30.5 Å². The van der Waals surface area contributed by atoms with Gasteiger partial charge in [-0.05, 0) is 29.8 Å². The molecule has 0 spiro atoms. The van der Waals surface area contributed by atoms with Gasteiger partial charge in [0.25, 0.3) is 0 Å². The molecule has 6 heteroatoms. The second-order valence-corrected chi connectivity index (χ2v) is 7.25. The zero-order valence-corrected chi connectivity index (χ0v) is 13.8. The molecule has 0 aliphatic heterocycles. The van der Waals surface area contributed by atoms with Gasteiger partial charge in [0, 0.05) is 17.8 Å². The highest BCUT2D eigenvalue weighted by molar-refractivity contribution is 7.88. The smallest absolute Gasteiger partial charge is 0.211 e. The van der Waals surface area contributed by atoms with Crippen LogP contribution in [0.1, 0.15) is 11.3 Å². The molecule has 0 aliphatic rings. The van der Waals surface area contributed by atoms with E-state index >= 15 is 0 Å². The average Bonchev–Trinajstić information content (AvgIpc) is 2.48. The Kier molecular flexibility index (Phi) is 5.71. The minimum atomic E-state index is -3.30. The Balaban J connectivity index is 2.06. The molecule has 0 bridgehead atoms. The van der Waals surface area contributed by atoms with Gasteiger partial charge in [0.1, 0.15) is 0 Å². The largest absolute Gasteiger partial charge is 0.260 e. The Bertz CT molecular complexity index is 729. The summed E-state index contributed by atoms with van der Waals surface area (Å²) >= 11 is 5.83. The van der Waals surface area contributed by atoms with Crippen molar-refractivity contribution in [3.05, 3.63) is 71.0 Å². The van der Waals surface area contributed by atoms with Crippen molar-refractivity contribution in [3.63, 3.8) is 0 Å². The van der Waals surface area contributed by atoms with E-state index in [0.29, 0.717) is 10.7 Å². The van der Waals surface area contributed by atoms with E-state index in [1.807, 2.05) is 30.4 Å². The highest BCUT2D eigenvalue weighted by atomic mass is 35.5. The summed E-state index contributed by atoms with van der Waals surface area (Å²) in [5.74, 6) is 0. The number of aromatic nitrogens is 1. The van der Waals surface area contributed by atoms with E-state index in [2.05, 4.69) is 4.98 Å². The summed E-state index contributed by atoms with van der Waals surface area (Å²) in [5.41, 5.74) is 1.68. The van der Waals surface area contributed by atoms with Crippen molar-refractivity contribution in [2.45, 2.75) is 6.54 Å². The van der Waals surface area contributed by atoms with E-state index in [9.17, 15) is 8.42 Å². The molecular formula is C16H17ClN2O2S. The Labute approximate surface area is 136 Å². The molecule has 0 saturated carbocycles. The highest BCUT2D eigenvalue weighted by Gasteiger charge is 2.15. The van der Waals surface area contributed by atoms with Crippen LogP contribution in [0.5, 0.6) is 0 Å². The predicted octanol–water partition coefficient (Wildman–Crippen LogP) is 3.21. The molecule has 2 aromatic rings. The van der Waals surface area contributed by atoms with E-state index < -0.39 is 10.0 Å². The second kappa shape index (κ2) is 7.54. The second-order valence-electron chi connectivity index (χ2n) is 4.83. The topological polar surface area (TPSA) is 50.3 Å². The molecule has 4 nitrogen and oxygen atoms in total. The number of pyridine rings is 1. The maximum Gasteiger partial charge on any atom is 0.211 e. The number of sulfonamides is 1. The van der Waals surface area contributed by atoms with Crippen molar-refractivity contribution in [1.82, 2.24) is 9.29 Å². The lowest BCUT2D eigenvalue weighted by Crippen LogP contribution is -2.30. The molecule has 0 saturated heterocycles. The van der Waals surface area contributed by atoms with E-state index in [1.165, 1.54) is 10.6 Å². The van der Waals surface area contributed by atoms with Gasteiger partial charge in [0.2, 0.25) is 10.0 Å². The highest BCUT2D eigenvalue weighted by Crippen LogP contribution is 2.11. The molecule has 0 aliphatic carbocycles. The van der Waals surface area contributed by atoms with Gasteiger partial charge in [0.15, 0.2) is 0 Å². The van der Waals surface area contributed by atoms with Gasteiger partial charge in [-0.1, -0.05) is 42.0 Å². The van der Waals surface area contributed by atoms with Crippen LogP contribution in [0.15, 0.2) is 54.7 Å². The van der Waals surface area contributed by atoms with Crippen molar-refractivity contribution in [2.75, 3.05) is 12.8 Å². The van der Waals surface area contributed by atoms with Crippen LogP contribution in [0, 0.1) is 0 Å². The van der Waals surface area contributed by atoms with Gasteiger partial charge in [-0.3, -0.25) is 4.98 Å². The maximum atomic E-state index is 11.9. The van der Waals surface area contributed by atoms with Crippen LogP contribution in [0.25, 0.3) is 6.08 Å². The predicted molar refractivity (Wildman–Crippen MR) is 90.0 cm³/mol. The minimum absolute atomic E-state index is 0.255. The summed E-state index contributed by atoms with van der Waals surface area (Å²) in [7, 11) is -3.30. The van der Waals surface area contributed by atoms with Crippen LogP contribution in [0.2, 0.25) is 5.02 Å². The first-order chi connectivity index (χ1) is 10.4. The third-order valence-corrected chi connectivity index (χ3v) is 4.49. The zero-order chi connectivity index (χ0) is 16.0. The molecule has 2 rings (SSSR count). The number of halogens is 1. The Hall–Kier alpha value is -1.69. The number of rotatable bonds is 6. The van der Waals surface area contributed by atoms with Gasteiger partial charge < -0.3 is 0 Å². The van der Waals surface area contributed by atoms with Crippen molar-refractivity contribution >= 4 is 27.7 Å². The van der Waals surface area contributed by atoms with Crippen LogP contribution >= 0.6 is 11.6 Å². The Morgan fingerprint density at radius 2 is 1.91 bits per heavy atom. The lowest BCUT2D eigenvalue weighted by atomic mass is 10.2. The standard InChI is InChI=1S/C16H17ClN2O2S/c1-22(20,21)19(13-16-6-2-3-11-18-16)12-4-5-14-7-9-15(17)10-8-14/h2-11H,12-13H2,1H3/b5-4+. The van der Waals surface area contributed by atoms with Gasteiger partial charge in [-0.25, -0.2) is 8.42 Å². The molecule has 0 atom stereocenters. The first-order valence-electron chi connectivity index (χ1n) is 6.72. The van der Waals surface area contributed by atoms with Crippen LogP contribution in [-0.2, 0) is 16.6 Å². The number of nitrogens with zero attached hydrogens (tertiary/aromatic N) is 2. The molecule has 0 amide bonds. The van der Waals surface area contributed by atoms with Gasteiger partial charge in [-0.2, -0.15) is 4.31 Å². The van der Waals surface area contributed by atoms with Crippen molar-refractivity contribution in [1.29, 1.82) is 0 Å². The van der Waals surface area contributed by atoms with E-state index in [-0.39, 0.29) is 13.1 Å². The average molecular weight is 337 g/mol. The molecule has 116 valence electrons. The zero-order valence-electron chi connectivity index (χ0n) is 12.2. The van der Waals surface area contributed by atoms with E-state index in [0.717, 1.165) is 5.56 Å². The lowest BCUT2D eigenvalue weighted by molar-refractivity contribution is 0.439. The number of hydrogen-bond donors (Lipinski definition) is 0. The molecule has 1 heterocycles. The van der Waals surface area contributed by atoms with Crippen LogP contribution < -0.4 is 0 Å². The summed E-state index contributed by atoms with van der Waals surface area (Å²) < 4.78 is 25.1. The molecule has 0 radical (unpaired) electrons. The Morgan fingerprint density at radius 3 is 2.50 bits per heavy atom. The molecule has 1 aromatic heterocycles. The molecule has 22 heavy (non-hydrogen) atoms. The monoisotopic (exact) mass is 336 g/mol. The van der Waals surface area contributed by atoms with E-state index in [4.69, 9.17) is 11.6 Å². The van der Waals surface area contributed by atoms with Gasteiger partial charge >= 0.3 is 0 Å². The SMILES string of the molecule is CS(=O)(=O)N(C/C=C/c1ccc(Cl)cc1)Cc1ccccn1. The Morgan fingerprint density at radius 1 is 1.18 bits per heavy atom. The molecular weight excluding hydrogens is 320 g/mol. The summed E-state index contributed by atoms with van der Waals surface area (Å²) in [6, 6.07) is 12.8. The minimum Gasteiger partial charge on any atom is -0.260 e. The van der Waals surface area contributed by atoms with Gasteiger partial charge in [0.05, 0.1) is 18.5 Å². The van der Waals surface area contributed by atoms with Crippen molar-refractivity contribution < 1.29 is 8.42 Å². The summed E-state index contributed by atoms with van der Waals surface area (Å²) in [4.78, 5) is 4.16. The maximum absolute atomic E-state index is 11.9. The summed E-state index contributed by atoms with van der Waals surface area (Å²) in [5, 5.41) is 0.671. The third-order valence-electron chi connectivity index (χ3n) is 3.02. The molecule has 0 N–H and O–H groups in total. The number of benzene rings is 1. The molecule has 0 unspecified atom stereocenters. The van der Waals surface area contributed by atoms with Gasteiger partial charge in [-0.15, -0.1) is 0 Å². The molecule has 1 aromatic carbocycles. The lowest BCUT2D eigenvalue weighted by Gasteiger charge is -2.17. The first-order valence-corrected chi connectivity index (χ1v) is 8.95. The number of hydrogen-bond acceptors (Lipinski definition) is 3. The fourth-order valence-corrected chi connectivity index (χ4v) is 2.72. The van der Waals surface area contributed by atoms with Crippen molar-refractivity contribution in [2.24, 2.45) is 0 Å². The quantitative estimate of drug-likeness (QED) is 0.814.